The van der Waals surface area contributed by atoms with Crippen LogP contribution in [0.15, 0.2) is 52.9 Å². The van der Waals surface area contributed by atoms with Gasteiger partial charge in [-0.05, 0) is 42.0 Å². The molecule has 1 saturated heterocycles. The average molecular weight is 371 g/mol. The number of hydrogen-bond acceptors (Lipinski definition) is 4. The molecular formula is C20H19ClN2O3. The van der Waals surface area contributed by atoms with Gasteiger partial charge in [0.2, 0.25) is 0 Å². The summed E-state index contributed by atoms with van der Waals surface area (Å²) < 4.78 is 11.0. The van der Waals surface area contributed by atoms with Gasteiger partial charge in [-0.25, -0.2) is 0 Å². The third-order valence-electron chi connectivity index (χ3n) is 4.42. The number of nitrogens with zero attached hydrogens (tertiary/aromatic N) is 1. The molecule has 4 rings (SSSR count). The Hall–Kier alpha value is -2.34. The van der Waals surface area contributed by atoms with Crippen LogP contribution in [0.3, 0.4) is 0 Å². The van der Waals surface area contributed by atoms with Gasteiger partial charge < -0.3 is 14.5 Å². The Kier molecular flexibility index (Phi) is 4.93. The summed E-state index contributed by atoms with van der Waals surface area (Å²) in [5, 5.41) is 4.29. The summed E-state index contributed by atoms with van der Waals surface area (Å²) in [5.41, 5.74) is 2.59. The van der Waals surface area contributed by atoms with Gasteiger partial charge in [-0.15, -0.1) is 0 Å². The Balaban J connectivity index is 1.41. The Labute approximate surface area is 156 Å². The molecule has 0 atom stereocenters. The largest absolute Gasteiger partial charge is 0.451 e. The predicted octanol–water partition coefficient (Wildman–Crippen LogP) is 4.17. The number of carbonyl (C=O) groups is 1. The first-order valence-electron chi connectivity index (χ1n) is 8.57. The van der Waals surface area contributed by atoms with Crippen LogP contribution in [0, 0.1) is 0 Å². The highest BCUT2D eigenvalue weighted by Gasteiger charge is 2.14. The zero-order valence-corrected chi connectivity index (χ0v) is 15.0. The maximum atomic E-state index is 12.4. The first-order chi connectivity index (χ1) is 12.7. The number of halogens is 1. The lowest BCUT2D eigenvalue weighted by atomic mass is 10.2. The average Bonchev–Trinajstić information content (AvgIpc) is 3.07. The highest BCUT2D eigenvalue weighted by Crippen LogP contribution is 2.24. The number of rotatable bonds is 4. The van der Waals surface area contributed by atoms with E-state index in [4.69, 9.17) is 20.8 Å². The van der Waals surface area contributed by atoms with Crippen molar-refractivity contribution in [2.24, 2.45) is 0 Å². The molecule has 0 aliphatic carbocycles. The second-order valence-corrected chi connectivity index (χ2v) is 6.77. The molecular weight excluding hydrogens is 352 g/mol. The zero-order chi connectivity index (χ0) is 17.9. The number of ether oxygens (including phenoxy) is 1. The maximum absolute atomic E-state index is 12.4. The van der Waals surface area contributed by atoms with Crippen LogP contribution in [-0.4, -0.2) is 37.1 Å². The fraction of sp³-hybridized carbons (Fsp3) is 0.250. The fourth-order valence-electron chi connectivity index (χ4n) is 3.03. The molecule has 0 unspecified atom stereocenters. The number of anilines is 1. The lowest BCUT2D eigenvalue weighted by Gasteiger charge is -2.26. The van der Waals surface area contributed by atoms with Crippen molar-refractivity contribution in [1.29, 1.82) is 0 Å². The molecule has 1 fully saturated rings. The SMILES string of the molecule is O=C(Nc1ccc(CN2CCOCC2)cc1)c1cc2cc(Cl)ccc2o1. The van der Waals surface area contributed by atoms with Crippen molar-refractivity contribution >= 4 is 34.2 Å². The van der Waals surface area contributed by atoms with Crippen LogP contribution in [0.4, 0.5) is 5.69 Å². The van der Waals surface area contributed by atoms with Gasteiger partial charge >= 0.3 is 0 Å². The zero-order valence-electron chi connectivity index (χ0n) is 14.2. The van der Waals surface area contributed by atoms with Gasteiger partial charge in [0.05, 0.1) is 13.2 Å². The van der Waals surface area contributed by atoms with E-state index in [9.17, 15) is 4.79 Å². The summed E-state index contributed by atoms with van der Waals surface area (Å²) in [6, 6.07) is 14.9. The number of fused-ring (bicyclic) bond motifs is 1. The molecule has 2 heterocycles. The van der Waals surface area contributed by atoms with Crippen LogP contribution in [-0.2, 0) is 11.3 Å². The van der Waals surface area contributed by atoms with Gasteiger partial charge in [0.15, 0.2) is 5.76 Å². The molecule has 6 heteroatoms. The van der Waals surface area contributed by atoms with Crippen molar-refractivity contribution in [3.63, 3.8) is 0 Å². The van der Waals surface area contributed by atoms with E-state index in [1.165, 1.54) is 5.56 Å². The summed E-state index contributed by atoms with van der Waals surface area (Å²) in [5.74, 6) is -0.0158. The predicted molar refractivity (Wildman–Crippen MR) is 102 cm³/mol. The first-order valence-corrected chi connectivity index (χ1v) is 8.95. The van der Waals surface area contributed by atoms with Crippen LogP contribution in [0.1, 0.15) is 16.1 Å². The summed E-state index contributed by atoms with van der Waals surface area (Å²) in [6.07, 6.45) is 0. The van der Waals surface area contributed by atoms with Gasteiger partial charge in [-0.2, -0.15) is 0 Å². The molecule has 5 nitrogen and oxygen atoms in total. The lowest BCUT2D eigenvalue weighted by molar-refractivity contribution is 0.0342. The van der Waals surface area contributed by atoms with E-state index in [0.29, 0.717) is 10.6 Å². The molecule has 1 aliphatic rings. The van der Waals surface area contributed by atoms with Crippen LogP contribution in [0.2, 0.25) is 5.02 Å². The third kappa shape index (κ3) is 3.90. The van der Waals surface area contributed by atoms with Crippen molar-refractivity contribution < 1.29 is 13.9 Å². The Morgan fingerprint density at radius 2 is 1.85 bits per heavy atom. The minimum atomic E-state index is -0.279. The first kappa shape index (κ1) is 17.1. The third-order valence-corrected chi connectivity index (χ3v) is 4.66. The Morgan fingerprint density at radius 1 is 1.08 bits per heavy atom. The second-order valence-electron chi connectivity index (χ2n) is 6.33. The molecule has 1 aromatic heterocycles. The molecule has 1 N–H and O–H groups in total. The van der Waals surface area contributed by atoms with Crippen molar-refractivity contribution in [2.75, 3.05) is 31.6 Å². The number of hydrogen-bond donors (Lipinski definition) is 1. The van der Waals surface area contributed by atoms with Crippen LogP contribution >= 0.6 is 11.6 Å². The number of furan rings is 1. The Morgan fingerprint density at radius 3 is 2.62 bits per heavy atom. The molecule has 0 saturated carbocycles. The summed E-state index contributed by atoms with van der Waals surface area (Å²) in [6.45, 7) is 4.37. The van der Waals surface area contributed by atoms with E-state index in [1.54, 1.807) is 24.3 Å². The van der Waals surface area contributed by atoms with E-state index < -0.39 is 0 Å². The number of nitrogens with one attached hydrogen (secondary N) is 1. The number of morpholine rings is 1. The highest BCUT2D eigenvalue weighted by molar-refractivity contribution is 6.31. The molecule has 1 amide bonds. The molecule has 1 aliphatic heterocycles. The highest BCUT2D eigenvalue weighted by atomic mass is 35.5. The molecule has 2 aromatic carbocycles. The van der Waals surface area contributed by atoms with E-state index in [-0.39, 0.29) is 11.7 Å². The lowest BCUT2D eigenvalue weighted by Crippen LogP contribution is -2.35. The molecule has 0 radical (unpaired) electrons. The topological polar surface area (TPSA) is 54.7 Å². The quantitative estimate of drug-likeness (QED) is 0.748. The standard InChI is InChI=1S/C20H19ClN2O3/c21-16-3-6-18-15(11-16)12-19(26-18)20(24)22-17-4-1-14(2-5-17)13-23-7-9-25-10-8-23/h1-6,11-12H,7-10,13H2,(H,22,24). The van der Waals surface area contributed by atoms with E-state index in [1.807, 2.05) is 24.3 Å². The number of amides is 1. The number of carbonyl (C=O) groups excluding carboxylic acids is 1. The van der Waals surface area contributed by atoms with Crippen molar-refractivity contribution in [1.82, 2.24) is 4.90 Å². The van der Waals surface area contributed by atoms with Crippen molar-refractivity contribution in [3.05, 3.63) is 64.9 Å². The van der Waals surface area contributed by atoms with Gasteiger partial charge in [0.1, 0.15) is 5.58 Å². The summed E-state index contributed by atoms with van der Waals surface area (Å²) in [4.78, 5) is 14.8. The van der Waals surface area contributed by atoms with Crippen LogP contribution in [0.25, 0.3) is 11.0 Å². The smallest absolute Gasteiger partial charge is 0.291 e. The van der Waals surface area contributed by atoms with Crippen LogP contribution in [0.5, 0.6) is 0 Å². The normalized spacial score (nSPS) is 15.3. The maximum Gasteiger partial charge on any atom is 0.291 e. The van der Waals surface area contributed by atoms with Crippen molar-refractivity contribution in [2.45, 2.75) is 6.54 Å². The molecule has 0 bridgehead atoms. The van der Waals surface area contributed by atoms with E-state index in [0.717, 1.165) is 43.9 Å². The van der Waals surface area contributed by atoms with Gasteiger partial charge in [0.25, 0.3) is 5.91 Å². The minimum absolute atomic E-state index is 0.264. The fourth-order valence-corrected chi connectivity index (χ4v) is 3.21. The Bertz CT molecular complexity index is 914. The van der Waals surface area contributed by atoms with Crippen molar-refractivity contribution in [3.8, 4) is 0 Å². The second kappa shape index (κ2) is 7.50. The molecule has 134 valence electrons. The van der Waals surface area contributed by atoms with E-state index >= 15 is 0 Å². The minimum Gasteiger partial charge on any atom is -0.451 e. The summed E-state index contributed by atoms with van der Waals surface area (Å²) in [7, 11) is 0. The summed E-state index contributed by atoms with van der Waals surface area (Å²) >= 11 is 5.97. The van der Waals surface area contributed by atoms with Gasteiger partial charge in [0, 0.05) is 35.7 Å². The number of benzene rings is 2. The van der Waals surface area contributed by atoms with Gasteiger partial charge in [-0.3, -0.25) is 9.69 Å². The molecule has 3 aromatic rings. The van der Waals surface area contributed by atoms with Crippen LogP contribution < -0.4 is 5.32 Å². The van der Waals surface area contributed by atoms with Gasteiger partial charge in [-0.1, -0.05) is 23.7 Å². The monoisotopic (exact) mass is 370 g/mol. The molecule has 26 heavy (non-hydrogen) atoms. The van der Waals surface area contributed by atoms with E-state index in [2.05, 4.69) is 10.2 Å². The molecule has 0 spiro atoms.